The number of benzene rings is 2. The summed E-state index contributed by atoms with van der Waals surface area (Å²) in [6, 6.07) is 12.4. The lowest BCUT2D eigenvalue weighted by Crippen LogP contribution is -2.47. The molecular formula is C24H27ClN2O5. The first kappa shape index (κ1) is 22.4. The quantitative estimate of drug-likeness (QED) is 0.744. The Morgan fingerprint density at radius 2 is 1.78 bits per heavy atom. The van der Waals surface area contributed by atoms with Gasteiger partial charge in [-0.25, -0.2) is 0 Å². The van der Waals surface area contributed by atoms with Crippen LogP contribution in [0.1, 0.15) is 24.8 Å². The molecule has 2 saturated heterocycles. The molecular weight excluding hydrogens is 432 g/mol. The van der Waals surface area contributed by atoms with E-state index in [9.17, 15) is 14.7 Å². The number of hydrogen-bond acceptors (Lipinski definition) is 5. The highest BCUT2D eigenvalue weighted by Gasteiger charge is 2.41. The van der Waals surface area contributed by atoms with Crippen molar-refractivity contribution >= 4 is 29.1 Å². The van der Waals surface area contributed by atoms with Gasteiger partial charge in [-0.3, -0.25) is 9.59 Å². The van der Waals surface area contributed by atoms with Gasteiger partial charge in [0.15, 0.2) is 0 Å². The number of halogens is 1. The molecule has 2 aliphatic heterocycles. The van der Waals surface area contributed by atoms with Crippen LogP contribution in [0, 0.1) is 5.92 Å². The van der Waals surface area contributed by atoms with Gasteiger partial charge < -0.3 is 24.4 Å². The van der Waals surface area contributed by atoms with Gasteiger partial charge in [-0.2, -0.15) is 0 Å². The van der Waals surface area contributed by atoms with Crippen molar-refractivity contribution in [3.05, 3.63) is 53.1 Å². The summed E-state index contributed by atoms with van der Waals surface area (Å²) >= 11 is 5.96. The average molecular weight is 459 g/mol. The molecule has 1 atom stereocenters. The van der Waals surface area contributed by atoms with Crippen LogP contribution in [0.15, 0.2) is 42.5 Å². The van der Waals surface area contributed by atoms with Crippen molar-refractivity contribution in [3.8, 4) is 11.5 Å². The standard InChI is InChI=1S/C24H27ClN2O5/c1-31-19-7-8-20(21(14-19)32-2)27-15-16(13-22(27)28)23(29)26-11-9-24(30,10-12-26)17-3-5-18(25)6-4-17/h3-8,14,16,30H,9-13,15H2,1-2H3/t16-/m0/s1. The predicted octanol–water partition coefficient (Wildman–Crippen LogP) is 3.22. The molecule has 170 valence electrons. The van der Waals surface area contributed by atoms with Crippen LogP contribution in [-0.4, -0.2) is 55.7 Å². The Kier molecular flexibility index (Phi) is 6.31. The van der Waals surface area contributed by atoms with Gasteiger partial charge in [-0.15, -0.1) is 0 Å². The second kappa shape index (κ2) is 9.00. The fourth-order valence-electron chi connectivity index (χ4n) is 4.52. The number of amides is 2. The third-order valence-electron chi connectivity index (χ3n) is 6.44. The van der Waals surface area contributed by atoms with E-state index >= 15 is 0 Å². The van der Waals surface area contributed by atoms with E-state index in [4.69, 9.17) is 21.1 Å². The summed E-state index contributed by atoms with van der Waals surface area (Å²) in [7, 11) is 3.10. The summed E-state index contributed by atoms with van der Waals surface area (Å²) in [4.78, 5) is 29.3. The van der Waals surface area contributed by atoms with Gasteiger partial charge in [-0.05, 0) is 42.7 Å². The zero-order chi connectivity index (χ0) is 22.9. The van der Waals surface area contributed by atoms with Gasteiger partial charge in [0.05, 0.1) is 31.4 Å². The minimum Gasteiger partial charge on any atom is -0.497 e. The Hall–Kier alpha value is -2.77. The van der Waals surface area contributed by atoms with E-state index in [1.807, 2.05) is 12.1 Å². The molecule has 2 aliphatic rings. The lowest BCUT2D eigenvalue weighted by molar-refractivity contribution is -0.140. The summed E-state index contributed by atoms with van der Waals surface area (Å²) in [5.41, 5.74) is 0.460. The molecule has 0 unspecified atom stereocenters. The smallest absolute Gasteiger partial charge is 0.228 e. The van der Waals surface area contributed by atoms with E-state index in [-0.39, 0.29) is 18.2 Å². The number of aliphatic hydroxyl groups is 1. The number of nitrogens with zero attached hydrogens (tertiary/aromatic N) is 2. The molecule has 2 aromatic rings. The zero-order valence-electron chi connectivity index (χ0n) is 18.2. The molecule has 8 heteroatoms. The van der Waals surface area contributed by atoms with E-state index in [1.54, 1.807) is 47.2 Å². The Balaban J connectivity index is 1.42. The van der Waals surface area contributed by atoms with E-state index in [0.717, 1.165) is 5.56 Å². The number of carbonyl (C=O) groups is 2. The Morgan fingerprint density at radius 1 is 1.09 bits per heavy atom. The normalized spacial score (nSPS) is 20.4. The number of ether oxygens (including phenoxy) is 2. The van der Waals surface area contributed by atoms with Crippen LogP contribution in [0.25, 0.3) is 0 Å². The van der Waals surface area contributed by atoms with Gasteiger partial charge in [0.2, 0.25) is 11.8 Å². The first-order chi connectivity index (χ1) is 15.3. The fraction of sp³-hybridized carbons (Fsp3) is 0.417. The maximum absolute atomic E-state index is 13.2. The van der Waals surface area contributed by atoms with Gasteiger partial charge in [-0.1, -0.05) is 23.7 Å². The van der Waals surface area contributed by atoms with Gasteiger partial charge in [0, 0.05) is 37.1 Å². The second-order valence-corrected chi connectivity index (χ2v) is 8.74. The van der Waals surface area contributed by atoms with E-state index in [0.29, 0.717) is 54.7 Å². The number of rotatable bonds is 5. The number of hydrogen-bond donors (Lipinski definition) is 1. The number of likely N-dealkylation sites (tertiary alicyclic amines) is 1. The monoisotopic (exact) mass is 458 g/mol. The lowest BCUT2D eigenvalue weighted by atomic mass is 9.84. The van der Waals surface area contributed by atoms with Crippen molar-refractivity contribution in [1.29, 1.82) is 0 Å². The lowest BCUT2D eigenvalue weighted by Gasteiger charge is -2.39. The third-order valence-corrected chi connectivity index (χ3v) is 6.69. The molecule has 2 fully saturated rings. The maximum Gasteiger partial charge on any atom is 0.228 e. The SMILES string of the molecule is COc1ccc(N2C[C@@H](C(=O)N3CCC(O)(c4ccc(Cl)cc4)CC3)CC2=O)c(OC)c1. The summed E-state index contributed by atoms with van der Waals surface area (Å²) in [6.07, 6.45) is 1.04. The molecule has 0 spiro atoms. The van der Waals surface area contributed by atoms with Crippen LogP contribution in [-0.2, 0) is 15.2 Å². The molecule has 0 aliphatic carbocycles. The van der Waals surface area contributed by atoms with E-state index in [1.165, 1.54) is 7.11 Å². The largest absolute Gasteiger partial charge is 0.497 e. The second-order valence-electron chi connectivity index (χ2n) is 8.31. The molecule has 2 heterocycles. The highest BCUT2D eigenvalue weighted by atomic mass is 35.5. The van der Waals surface area contributed by atoms with Crippen LogP contribution in [0.5, 0.6) is 11.5 Å². The van der Waals surface area contributed by atoms with Crippen LogP contribution in [0.3, 0.4) is 0 Å². The third kappa shape index (κ3) is 4.27. The summed E-state index contributed by atoms with van der Waals surface area (Å²) in [5, 5.41) is 11.7. The van der Waals surface area contributed by atoms with Crippen LogP contribution < -0.4 is 14.4 Å². The zero-order valence-corrected chi connectivity index (χ0v) is 19.0. The minimum absolute atomic E-state index is 0.0496. The molecule has 0 bridgehead atoms. The molecule has 32 heavy (non-hydrogen) atoms. The molecule has 1 N–H and O–H groups in total. The van der Waals surface area contributed by atoms with Crippen molar-refractivity contribution in [2.45, 2.75) is 24.9 Å². The predicted molar refractivity (Wildman–Crippen MR) is 121 cm³/mol. The highest BCUT2D eigenvalue weighted by molar-refractivity contribution is 6.30. The molecule has 2 aromatic carbocycles. The van der Waals surface area contributed by atoms with Crippen molar-refractivity contribution in [2.75, 3.05) is 38.8 Å². The van der Waals surface area contributed by atoms with Crippen molar-refractivity contribution in [3.63, 3.8) is 0 Å². The highest BCUT2D eigenvalue weighted by Crippen LogP contribution is 2.37. The summed E-state index contributed by atoms with van der Waals surface area (Å²) in [5.74, 6) is 0.576. The number of carbonyl (C=O) groups excluding carboxylic acids is 2. The summed E-state index contributed by atoms with van der Waals surface area (Å²) < 4.78 is 10.7. The van der Waals surface area contributed by atoms with Crippen LogP contribution >= 0.6 is 11.6 Å². The average Bonchev–Trinajstić information content (AvgIpc) is 3.20. The number of methoxy groups -OCH3 is 2. The Morgan fingerprint density at radius 3 is 2.41 bits per heavy atom. The van der Waals surface area contributed by atoms with Crippen LogP contribution in [0.4, 0.5) is 5.69 Å². The van der Waals surface area contributed by atoms with Crippen LogP contribution in [0.2, 0.25) is 5.02 Å². The first-order valence-electron chi connectivity index (χ1n) is 10.6. The Bertz CT molecular complexity index is 1000. The molecule has 0 aromatic heterocycles. The molecule has 2 amide bonds. The molecule has 4 rings (SSSR count). The van der Waals surface area contributed by atoms with Crippen molar-refractivity contribution in [2.24, 2.45) is 5.92 Å². The minimum atomic E-state index is -0.977. The maximum atomic E-state index is 13.2. The number of anilines is 1. The number of piperidine rings is 1. The molecule has 7 nitrogen and oxygen atoms in total. The summed E-state index contributed by atoms with van der Waals surface area (Å²) in [6.45, 7) is 1.18. The first-order valence-corrected chi connectivity index (χ1v) is 11.0. The van der Waals surface area contributed by atoms with E-state index in [2.05, 4.69) is 0 Å². The van der Waals surface area contributed by atoms with Crippen molar-refractivity contribution < 1.29 is 24.2 Å². The molecule has 0 radical (unpaired) electrons. The van der Waals surface area contributed by atoms with Crippen molar-refractivity contribution in [1.82, 2.24) is 4.90 Å². The van der Waals surface area contributed by atoms with Gasteiger partial charge in [0.25, 0.3) is 0 Å². The fourth-order valence-corrected chi connectivity index (χ4v) is 4.64. The topological polar surface area (TPSA) is 79.3 Å². The Labute approximate surface area is 192 Å². The molecule has 0 saturated carbocycles. The van der Waals surface area contributed by atoms with Gasteiger partial charge in [0.1, 0.15) is 11.5 Å². The van der Waals surface area contributed by atoms with E-state index < -0.39 is 11.5 Å². The van der Waals surface area contributed by atoms with Gasteiger partial charge >= 0.3 is 0 Å².